The topological polar surface area (TPSA) is 67.1 Å². The molecule has 1 aromatic heterocycles. The molecular formula is C14H15N3O2. The van der Waals surface area contributed by atoms with Gasteiger partial charge in [0.2, 0.25) is 0 Å². The summed E-state index contributed by atoms with van der Waals surface area (Å²) in [5.41, 5.74) is 2.23. The molecule has 0 saturated carbocycles. The van der Waals surface area contributed by atoms with Crippen LogP contribution in [0.4, 0.5) is 5.82 Å². The van der Waals surface area contributed by atoms with Gasteiger partial charge in [0.05, 0.1) is 0 Å². The van der Waals surface area contributed by atoms with E-state index in [2.05, 4.69) is 10.3 Å². The second kappa shape index (κ2) is 4.42. The Hall–Kier alpha value is -2.30. The summed E-state index contributed by atoms with van der Waals surface area (Å²) in [7, 11) is 0. The zero-order chi connectivity index (χ0) is 13.4. The lowest BCUT2D eigenvalue weighted by atomic mass is 10.1. The first-order chi connectivity index (χ1) is 9.16. The summed E-state index contributed by atoms with van der Waals surface area (Å²) in [6, 6.07) is 7.97. The minimum absolute atomic E-state index is 0.107. The van der Waals surface area contributed by atoms with Crippen LogP contribution < -0.4 is 5.32 Å². The van der Waals surface area contributed by atoms with Crippen molar-refractivity contribution >= 4 is 11.8 Å². The number of aromatic nitrogens is 2. The zero-order valence-electron chi connectivity index (χ0n) is 10.7. The van der Waals surface area contributed by atoms with E-state index in [4.69, 9.17) is 0 Å². The Kier molecular flexibility index (Phi) is 2.74. The quantitative estimate of drug-likeness (QED) is 0.866. The molecule has 0 atom stereocenters. The first kappa shape index (κ1) is 11.8. The van der Waals surface area contributed by atoms with Gasteiger partial charge in [-0.2, -0.15) is 0 Å². The van der Waals surface area contributed by atoms with Crippen LogP contribution in [0.2, 0.25) is 0 Å². The number of benzene rings is 1. The van der Waals surface area contributed by atoms with E-state index in [0.29, 0.717) is 5.82 Å². The van der Waals surface area contributed by atoms with Crippen molar-refractivity contribution in [2.45, 2.75) is 19.9 Å². The molecule has 98 valence electrons. The second-order valence-corrected chi connectivity index (χ2v) is 4.74. The van der Waals surface area contributed by atoms with Gasteiger partial charge in [-0.3, -0.25) is 0 Å². The van der Waals surface area contributed by atoms with E-state index < -0.39 is 5.97 Å². The van der Waals surface area contributed by atoms with Crippen LogP contribution in [-0.4, -0.2) is 27.2 Å². The average molecular weight is 257 g/mol. The highest BCUT2D eigenvalue weighted by molar-refractivity contribution is 5.92. The Balaban J connectivity index is 2.16. The molecule has 0 fully saturated rings. The molecule has 19 heavy (non-hydrogen) atoms. The van der Waals surface area contributed by atoms with Gasteiger partial charge >= 0.3 is 5.97 Å². The van der Waals surface area contributed by atoms with Crippen molar-refractivity contribution < 1.29 is 9.90 Å². The van der Waals surface area contributed by atoms with Gasteiger partial charge in [-0.15, -0.1) is 0 Å². The van der Waals surface area contributed by atoms with Crippen LogP contribution in [0.3, 0.4) is 0 Å². The number of hydrogen-bond acceptors (Lipinski definition) is 3. The standard InChI is InChI=1S/C14H15N3O2/c1-9-3-5-10(6-4-9)12-16-11(14(18)19)13-15-7-2-8-17(12)13/h3-6,15H,2,7-8H2,1H3,(H,18,19). The maximum Gasteiger partial charge on any atom is 0.358 e. The van der Waals surface area contributed by atoms with Crippen molar-refractivity contribution in [2.75, 3.05) is 11.9 Å². The number of anilines is 1. The zero-order valence-corrected chi connectivity index (χ0v) is 10.7. The Morgan fingerprint density at radius 2 is 2.11 bits per heavy atom. The fourth-order valence-corrected chi connectivity index (χ4v) is 2.37. The Morgan fingerprint density at radius 3 is 2.79 bits per heavy atom. The summed E-state index contributed by atoms with van der Waals surface area (Å²) in [5.74, 6) is 0.352. The number of fused-ring (bicyclic) bond motifs is 1. The van der Waals surface area contributed by atoms with Crippen molar-refractivity contribution in [1.29, 1.82) is 0 Å². The first-order valence-corrected chi connectivity index (χ1v) is 6.31. The first-order valence-electron chi connectivity index (χ1n) is 6.31. The second-order valence-electron chi connectivity index (χ2n) is 4.74. The predicted molar refractivity (Wildman–Crippen MR) is 72.5 cm³/mol. The Labute approximate surface area is 110 Å². The fourth-order valence-electron chi connectivity index (χ4n) is 2.37. The van der Waals surface area contributed by atoms with Crippen LogP contribution >= 0.6 is 0 Å². The van der Waals surface area contributed by atoms with Crippen LogP contribution in [0.15, 0.2) is 24.3 Å². The summed E-state index contributed by atoms with van der Waals surface area (Å²) < 4.78 is 1.96. The monoisotopic (exact) mass is 257 g/mol. The summed E-state index contributed by atoms with van der Waals surface area (Å²) >= 11 is 0. The number of nitrogens with zero attached hydrogens (tertiary/aromatic N) is 2. The third-order valence-electron chi connectivity index (χ3n) is 3.33. The van der Waals surface area contributed by atoms with E-state index in [-0.39, 0.29) is 5.69 Å². The van der Waals surface area contributed by atoms with Gasteiger partial charge < -0.3 is 15.0 Å². The Bertz CT molecular complexity index is 629. The van der Waals surface area contributed by atoms with Gasteiger partial charge in [-0.1, -0.05) is 29.8 Å². The third kappa shape index (κ3) is 1.97. The number of carboxylic acids is 1. The molecule has 5 heteroatoms. The van der Waals surface area contributed by atoms with Gasteiger partial charge in [-0.25, -0.2) is 9.78 Å². The van der Waals surface area contributed by atoms with E-state index >= 15 is 0 Å². The number of rotatable bonds is 2. The number of hydrogen-bond donors (Lipinski definition) is 2. The molecule has 5 nitrogen and oxygen atoms in total. The minimum atomic E-state index is -0.989. The van der Waals surface area contributed by atoms with Crippen molar-refractivity contribution in [3.8, 4) is 11.4 Å². The predicted octanol–water partition coefficient (Wildman–Crippen LogP) is 2.37. The van der Waals surface area contributed by atoms with Crippen LogP contribution in [0, 0.1) is 6.92 Å². The van der Waals surface area contributed by atoms with E-state index in [1.165, 1.54) is 5.56 Å². The fraction of sp³-hybridized carbons (Fsp3) is 0.286. The van der Waals surface area contributed by atoms with Gasteiger partial charge in [0.1, 0.15) is 11.6 Å². The third-order valence-corrected chi connectivity index (χ3v) is 3.33. The molecule has 1 aliphatic rings. The molecule has 0 saturated heterocycles. The largest absolute Gasteiger partial charge is 0.476 e. The number of carbonyl (C=O) groups is 1. The molecule has 1 aromatic carbocycles. The van der Waals surface area contributed by atoms with Gasteiger partial charge in [-0.05, 0) is 13.3 Å². The van der Waals surface area contributed by atoms with Crippen molar-refractivity contribution in [2.24, 2.45) is 0 Å². The van der Waals surface area contributed by atoms with Gasteiger partial charge in [0.15, 0.2) is 5.69 Å². The van der Waals surface area contributed by atoms with Crippen LogP contribution in [0.5, 0.6) is 0 Å². The number of aromatic carboxylic acids is 1. The molecule has 0 spiro atoms. The van der Waals surface area contributed by atoms with E-state index in [1.807, 2.05) is 35.8 Å². The molecule has 0 amide bonds. The lowest BCUT2D eigenvalue weighted by molar-refractivity contribution is 0.0692. The van der Waals surface area contributed by atoms with Gasteiger partial charge in [0, 0.05) is 18.7 Å². The van der Waals surface area contributed by atoms with Crippen molar-refractivity contribution in [3.05, 3.63) is 35.5 Å². The molecule has 0 radical (unpaired) electrons. The normalized spacial score (nSPS) is 13.7. The average Bonchev–Trinajstić information content (AvgIpc) is 2.79. The SMILES string of the molecule is Cc1ccc(-c2nc(C(=O)O)c3n2CCCN3)cc1. The number of nitrogens with one attached hydrogen (secondary N) is 1. The molecule has 2 heterocycles. The maximum absolute atomic E-state index is 11.3. The molecule has 0 aliphatic carbocycles. The molecule has 0 unspecified atom stereocenters. The number of imidazole rings is 1. The highest BCUT2D eigenvalue weighted by Gasteiger charge is 2.24. The Morgan fingerprint density at radius 1 is 1.37 bits per heavy atom. The van der Waals surface area contributed by atoms with Crippen LogP contribution in [-0.2, 0) is 6.54 Å². The summed E-state index contributed by atoms with van der Waals surface area (Å²) in [5, 5.41) is 12.4. The highest BCUT2D eigenvalue weighted by atomic mass is 16.4. The van der Waals surface area contributed by atoms with E-state index in [9.17, 15) is 9.90 Å². The summed E-state index contributed by atoms with van der Waals surface area (Å²) in [6.45, 7) is 3.61. The van der Waals surface area contributed by atoms with Crippen molar-refractivity contribution in [1.82, 2.24) is 9.55 Å². The minimum Gasteiger partial charge on any atom is -0.476 e. The molecule has 2 aromatic rings. The van der Waals surface area contributed by atoms with Crippen LogP contribution in [0.25, 0.3) is 11.4 Å². The summed E-state index contributed by atoms with van der Waals surface area (Å²) in [6.07, 6.45) is 0.973. The van der Waals surface area contributed by atoms with E-state index in [0.717, 1.165) is 30.9 Å². The van der Waals surface area contributed by atoms with Gasteiger partial charge in [0.25, 0.3) is 0 Å². The number of carboxylic acid groups (broad SMARTS) is 1. The molecule has 1 aliphatic heterocycles. The summed E-state index contributed by atoms with van der Waals surface area (Å²) in [4.78, 5) is 15.5. The van der Waals surface area contributed by atoms with Crippen molar-refractivity contribution in [3.63, 3.8) is 0 Å². The smallest absolute Gasteiger partial charge is 0.358 e. The maximum atomic E-state index is 11.3. The van der Waals surface area contributed by atoms with Crippen LogP contribution in [0.1, 0.15) is 22.5 Å². The number of aryl methyl sites for hydroxylation is 1. The lowest BCUT2D eigenvalue weighted by Crippen LogP contribution is -2.19. The lowest BCUT2D eigenvalue weighted by Gasteiger charge is -2.18. The molecule has 2 N–H and O–H groups in total. The van der Waals surface area contributed by atoms with E-state index in [1.54, 1.807) is 0 Å². The highest BCUT2D eigenvalue weighted by Crippen LogP contribution is 2.28. The molecular weight excluding hydrogens is 242 g/mol. The molecule has 0 bridgehead atoms. The molecule has 3 rings (SSSR count).